The van der Waals surface area contributed by atoms with Crippen LogP contribution in [0.15, 0.2) is 0 Å². The van der Waals surface area contributed by atoms with Crippen LogP contribution in [0.25, 0.3) is 0 Å². The molecule has 1 atom stereocenters. The van der Waals surface area contributed by atoms with Crippen molar-refractivity contribution in [1.29, 1.82) is 0 Å². The summed E-state index contributed by atoms with van der Waals surface area (Å²) in [5.41, 5.74) is 0.00810. The molecule has 0 N–H and O–H groups in total. The van der Waals surface area contributed by atoms with Crippen LogP contribution in [0.4, 0.5) is 0 Å². The van der Waals surface area contributed by atoms with E-state index in [-0.39, 0.29) is 5.72 Å². The maximum absolute atomic E-state index is 5.95. The molecule has 78 valence electrons. The van der Waals surface area contributed by atoms with Gasteiger partial charge in [-0.15, -0.1) is 0 Å². The normalized spacial score (nSPS) is 30.7. The Kier molecular flexibility index (Phi) is 3.36. The lowest BCUT2D eigenvalue weighted by atomic mass is 9.94. The average Bonchev–Trinajstić information content (AvgIpc) is 2.48. The molecule has 1 saturated heterocycles. The Morgan fingerprint density at radius 3 is 2.23 bits per heavy atom. The van der Waals surface area contributed by atoms with E-state index in [0.29, 0.717) is 12.0 Å². The Labute approximate surface area is 82.3 Å². The molecule has 1 unspecified atom stereocenters. The summed E-state index contributed by atoms with van der Waals surface area (Å²) in [6, 6.07) is 0.588. The fourth-order valence-corrected chi connectivity index (χ4v) is 2.50. The smallest absolute Gasteiger partial charge is 0.124 e. The topological polar surface area (TPSA) is 12.5 Å². The quantitative estimate of drug-likeness (QED) is 0.670. The van der Waals surface area contributed by atoms with Gasteiger partial charge in [-0.2, -0.15) is 0 Å². The van der Waals surface area contributed by atoms with Crippen molar-refractivity contribution in [1.82, 2.24) is 4.90 Å². The molecule has 2 nitrogen and oxygen atoms in total. The molecule has 0 saturated carbocycles. The van der Waals surface area contributed by atoms with E-state index in [4.69, 9.17) is 4.74 Å². The lowest BCUT2D eigenvalue weighted by molar-refractivity contribution is -0.129. The van der Waals surface area contributed by atoms with E-state index in [9.17, 15) is 0 Å². The molecule has 0 bridgehead atoms. The summed E-state index contributed by atoms with van der Waals surface area (Å²) in [6.45, 7) is 13.2. The molecule has 0 amide bonds. The van der Waals surface area contributed by atoms with Crippen molar-refractivity contribution < 1.29 is 4.74 Å². The maximum atomic E-state index is 5.95. The Morgan fingerprint density at radius 1 is 1.31 bits per heavy atom. The third-order valence-corrected chi connectivity index (χ3v) is 3.20. The monoisotopic (exact) mass is 185 g/mol. The summed E-state index contributed by atoms with van der Waals surface area (Å²) in [5, 5.41) is 0. The lowest BCUT2D eigenvalue weighted by Crippen LogP contribution is -2.51. The van der Waals surface area contributed by atoms with Crippen molar-refractivity contribution in [2.75, 3.05) is 13.2 Å². The van der Waals surface area contributed by atoms with Gasteiger partial charge in [0.15, 0.2) is 0 Å². The zero-order chi connectivity index (χ0) is 10.1. The first kappa shape index (κ1) is 11.0. The van der Waals surface area contributed by atoms with Gasteiger partial charge in [0.1, 0.15) is 5.72 Å². The highest BCUT2D eigenvalue weighted by Crippen LogP contribution is 2.35. The van der Waals surface area contributed by atoms with Crippen LogP contribution in [0.2, 0.25) is 0 Å². The second-order valence-corrected chi connectivity index (χ2v) is 4.49. The van der Waals surface area contributed by atoms with Crippen molar-refractivity contribution in [3.63, 3.8) is 0 Å². The summed E-state index contributed by atoms with van der Waals surface area (Å²) in [5.74, 6) is 0.572. The summed E-state index contributed by atoms with van der Waals surface area (Å²) in [7, 11) is 0. The van der Waals surface area contributed by atoms with Gasteiger partial charge in [-0.25, -0.2) is 0 Å². The zero-order valence-electron chi connectivity index (χ0n) is 9.63. The van der Waals surface area contributed by atoms with Crippen LogP contribution in [0, 0.1) is 5.92 Å². The molecule has 1 heterocycles. The number of nitrogens with zero attached hydrogens (tertiary/aromatic N) is 1. The Hall–Kier alpha value is -0.0800. The van der Waals surface area contributed by atoms with Crippen molar-refractivity contribution in [3.05, 3.63) is 0 Å². The Morgan fingerprint density at radius 2 is 1.92 bits per heavy atom. The third kappa shape index (κ3) is 1.75. The first-order valence-electron chi connectivity index (χ1n) is 5.45. The molecule has 0 spiro atoms. The van der Waals surface area contributed by atoms with Crippen molar-refractivity contribution in [3.8, 4) is 0 Å². The number of rotatable bonds is 3. The van der Waals surface area contributed by atoms with E-state index in [1.807, 2.05) is 0 Å². The summed E-state index contributed by atoms with van der Waals surface area (Å²) in [4.78, 5) is 2.50. The van der Waals surface area contributed by atoms with Gasteiger partial charge >= 0.3 is 0 Å². The Bertz CT molecular complexity index is 167. The molecule has 1 aliphatic rings. The predicted octanol–water partition coefficient (Wildman–Crippen LogP) is 2.49. The SMILES string of the molecule is CCC1(C(C)C)OCCN1C(C)C. The van der Waals surface area contributed by atoms with E-state index in [1.165, 1.54) is 0 Å². The highest BCUT2D eigenvalue weighted by molar-refractivity contribution is 4.89. The van der Waals surface area contributed by atoms with Crippen LogP contribution in [0.5, 0.6) is 0 Å². The summed E-state index contributed by atoms with van der Waals surface area (Å²) < 4.78 is 5.95. The van der Waals surface area contributed by atoms with E-state index >= 15 is 0 Å². The molecular weight excluding hydrogens is 162 g/mol. The Balaban J connectivity index is 2.83. The first-order valence-corrected chi connectivity index (χ1v) is 5.45. The number of hydrogen-bond acceptors (Lipinski definition) is 2. The molecule has 0 aromatic carbocycles. The summed E-state index contributed by atoms with van der Waals surface area (Å²) >= 11 is 0. The van der Waals surface area contributed by atoms with Crippen LogP contribution in [-0.2, 0) is 4.74 Å². The fraction of sp³-hybridized carbons (Fsp3) is 1.00. The van der Waals surface area contributed by atoms with Crippen LogP contribution < -0.4 is 0 Å². The highest BCUT2D eigenvalue weighted by Gasteiger charge is 2.44. The van der Waals surface area contributed by atoms with Gasteiger partial charge in [-0.1, -0.05) is 20.8 Å². The van der Waals surface area contributed by atoms with Gasteiger partial charge in [-0.3, -0.25) is 4.90 Å². The zero-order valence-corrected chi connectivity index (χ0v) is 9.63. The molecule has 13 heavy (non-hydrogen) atoms. The van der Waals surface area contributed by atoms with E-state index < -0.39 is 0 Å². The molecule has 0 aromatic heterocycles. The van der Waals surface area contributed by atoms with Gasteiger partial charge in [0.05, 0.1) is 6.61 Å². The second kappa shape index (κ2) is 3.97. The predicted molar refractivity (Wildman–Crippen MR) is 55.7 cm³/mol. The van der Waals surface area contributed by atoms with Gasteiger partial charge in [-0.05, 0) is 26.2 Å². The van der Waals surface area contributed by atoms with Crippen LogP contribution >= 0.6 is 0 Å². The fourth-order valence-electron chi connectivity index (χ4n) is 2.50. The van der Waals surface area contributed by atoms with Gasteiger partial charge in [0.2, 0.25) is 0 Å². The van der Waals surface area contributed by atoms with Crippen LogP contribution in [0.3, 0.4) is 0 Å². The van der Waals surface area contributed by atoms with Crippen LogP contribution in [-0.4, -0.2) is 29.8 Å². The number of ether oxygens (including phenoxy) is 1. The molecule has 0 aliphatic carbocycles. The molecule has 1 rings (SSSR count). The van der Waals surface area contributed by atoms with Gasteiger partial charge in [0, 0.05) is 12.6 Å². The van der Waals surface area contributed by atoms with E-state index in [0.717, 1.165) is 19.6 Å². The largest absolute Gasteiger partial charge is 0.359 e. The summed E-state index contributed by atoms with van der Waals surface area (Å²) in [6.07, 6.45) is 1.09. The molecule has 1 fully saturated rings. The highest BCUT2D eigenvalue weighted by atomic mass is 16.5. The second-order valence-electron chi connectivity index (χ2n) is 4.49. The minimum absolute atomic E-state index is 0.00810. The van der Waals surface area contributed by atoms with Crippen LogP contribution in [0.1, 0.15) is 41.0 Å². The minimum Gasteiger partial charge on any atom is -0.359 e. The molecule has 1 aliphatic heterocycles. The lowest BCUT2D eigenvalue weighted by Gasteiger charge is -2.42. The molecule has 0 aromatic rings. The third-order valence-electron chi connectivity index (χ3n) is 3.20. The van der Waals surface area contributed by atoms with Gasteiger partial charge < -0.3 is 4.74 Å². The van der Waals surface area contributed by atoms with Crippen molar-refractivity contribution >= 4 is 0 Å². The molecule has 2 heteroatoms. The minimum atomic E-state index is 0.00810. The van der Waals surface area contributed by atoms with Crippen molar-refractivity contribution in [2.24, 2.45) is 5.92 Å². The van der Waals surface area contributed by atoms with Gasteiger partial charge in [0.25, 0.3) is 0 Å². The standard InChI is InChI=1S/C11H23NO/c1-6-11(9(2)3)12(10(4)5)7-8-13-11/h9-10H,6-8H2,1-5H3. The average molecular weight is 185 g/mol. The van der Waals surface area contributed by atoms with Crippen molar-refractivity contribution in [2.45, 2.75) is 52.8 Å². The van der Waals surface area contributed by atoms with E-state index in [1.54, 1.807) is 0 Å². The molecule has 0 radical (unpaired) electrons. The first-order chi connectivity index (χ1) is 6.04. The maximum Gasteiger partial charge on any atom is 0.124 e. The molecular formula is C11H23NO. The number of hydrogen-bond donors (Lipinski definition) is 0. The van der Waals surface area contributed by atoms with E-state index in [2.05, 4.69) is 39.5 Å².